The van der Waals surface area contributed by atoms with E-state index in [1.165, 1.54) is 5.56 Å². The first-order chi connectivity index (χ1) is 8.69. The summed E-state index contributed by atoms with van der Waals surface area (Å²) in [4.78, 5) is 4.45. The van der Waals surface area contributed by atoms with Gasteiger partial charge in [-0.3, -0.25) is 4.98 Å². The first kappa shape index (κ1) is 13.2. The number of halogens is 1. The molecule has 2 rings (SSSR count). The molecule has 0 bridgehead atoms. The van der Waals surface area contributed by atoms with Crippen LogP contribution in [0.3, 0.4) is 0 Å². The summed E-state index contributed by atoms with van der Waals surface area (Å²) in [5.41, 5.74) is 9.64. The quantitative estimate of drug-likeness (QED) is 0.936. The van der Waals surface area contributed by atoms with Gasteiger partial charge in [0.15, 0.2) is 0 Å². The van der Waals surface area contributed by atoms with Crippen molar-refractivity contribution in [3.8, 4) is 0 Å². The molecule has 0 aliphatic carbocycles. The summed E-state index contributed by atoms with van der Waals surface area (Å²) in [6, 6.07) is 12.3. The Kier molecular flexibility index (Phi) is 4.50. The van der Waals surface area contributed by atoms with Gasteiger partial charge in [0.05, 0.1) is 0 Å². The normalized spacial score (nSPS) is 12.4. The maximum absolute atomic E-state index is 6.21. The summed E-state index contributed by atoms with van der Waals surface area (Å²) >= 11 is 3.46. The van der Waals surface area contributed by atoms with Gasteiger partial charge in [-0.1, -0.05) is 41.1 Å². The van der Waals surface area contributed by atoms with Crippen LogP contribution in [0, 0.1) is 0 Å². The third-order valence-corrected chi connectivity index (χ3v) is 3.49. The Morgan fingerprint density at radius 1 is 1.28 bits per heavy atom. The van der Waals surface area contributed by atoms with Crippen molar-refractivity contribution in [1.82, 2.24) is 4.98 Å². The Morgan fingerprint density at radius 2 is 2.11 bits per heavy atom. The van der Waals surface area contributed by atoms with Gasteiger partial charge in [0, 0.05) is 28.8 Å². The average Bonchev–Trinajstić information content (AvgIpc) is 2.39. The Morgan fingerprint density at radius 3 is 2.72 bits per heavy atom. The molecule has 0 spiro atoms. The molecule has 1 aromatic carbocycles. The number of hydrogen-bond acceptors (Lipinski definition) is 2. The van der Waals surface area contributed by atoms with Crippen molar-refractivity contribution in [3.05, 3.63) is 63.9 Å². The Balaban J connectivity index is 2.08. The Labute approximate surface area is 116 Å². The van der Waals surface area contributed by atoms with Gasteiger partial charge < -0.3 is 5.73 Å². The molecule has 2 N–H and O–H groups in total. The Bertz CT molecular complexity index is 508. The molecule has 2 aromatic rings. The molecule has 0 aliphatic heterocycles. The zero-order valence-electron chi connectivity index (χ0n) is 10.4. The summed E-state index contributed by atoms with van der Waals surface area (Å²) in [5, 5.41) is 0. The molecule has 1 heterocycles. The highest BCUT2D eigenvalue weighted by atomic mass is 79.9. The molecule has 0 aliphatic rings. The van der Waals surface area contributed by atoms with Crippen LogP contribution in [0.2, 0.25) is 0 Å². The van der Waals surface area contributed by atoms with Gasteiger partial charge in [-0.2, -0.15) is 0 Å². The van der Waals surface area contributed by atoms with Gasteiger partial charge in [0.25, 0.3) is 0 Å². The van der Waals surface area contributed by atoms with Crippen LogP contribution in [-0.2, 0) is 12.8 Å². The van der Waals surface area contributed by atoms with Crippen LogP contribution < -0.4 is 5.73 Å². The van der Waals surface area contributed by atoms with Crippen molar-refractivity contribution < 1.29 is 0 Å². The van der Waals surface area contributed by atoms with E-state index in [4.69, 9.17) is 5.73 Å². The van der Waals surface area contributed by atoms with Crippen LogP contribution in [-0.4, -0.2) is 4.98 Å². The minimum Gasteiger partial charge on any atom is -0.324 e. The van der Waals surface area contributed by atoms with E-state index in [1.807, 2.05) is 18.3 Å². The predicted octanol–water partition coefficient (Wildman–Crippen LogP) is 3.65. The number of aromatic nitrogens is 1. The van der Waals surface area contributed by atoms with Crippen LogP contribution in [0.15, 0.2) is 47.1 Å². The first-order valence-corrected chi connectivity index (χ1v) is 6.93. The van der Waals surface area contributed by atoms with Crippen LogP contribution in [0.4, 0.5) is 0 Å². The van der Waals surface area contributed by atoms with E-state index in [0.29, 0.717) is 0 Å². The Hall–Kier alpha value is -1.19. The van der Waals surface area contributed by atoms with E-state index in [0.717, 1.165) is 28.6 Å². The minimum absolute atomic E-state index is 0.0116. The lowest BCUT2D eigenvalue weighted by atomic mass is 10.0. The van der Waals surface area contributed by atoms with Crippen molar-refractivity contribution in [2.24, 2.45) is 5.73 Å². The highest BCUT2D eigenvalue weighted by molar-refractivity contribution is 9.10. The summed E-state index contributed by atoms with van der Waals surface area (Å²) in [5.74, 6) is 0. The first-order valence-electron chi connectivity index (χ1n) is 6.14. The summed E-state index contributed by atoms with van der Waals surface area (Å²) < 4.78 is 1.06. The van der Waals surface area contributed by atoms with Gasteiger partial charge >= 0.3 is 0 Å². The van der Waals surface area contributed by atoms with Gasteiger partial charge in [-0.25, -0.2) is 0 Å². The second-order valence-electron chi connectivity index (χ2n) is 4.38. The van der Waals surface area contributed by atoms with Gasteiger partial charge in [-0.15, -0.1) is 0 Å². The zero-order chi connectivity index (χ0) is 13.0. The van der Waals surface area contributed by atoms with E-state index in [2.05, 4.69) is 52.1 Å². The fourth-order valence-electron chi connectivity index (χ4n) is 1.87. The fourth-order valence-corrected chi connectivity index (χ4v) is 2.28. The third kappa shape index (κ3) is 3.40. The second-order valence-corrected chi connectivity index (χ2v) is 5.29. The summed E-state index contributed by atoms with van der Waals surface area (Å²) in [6.45, 7) is 2.13. The maximum atomic E-state index is 6.21. The molecule has 0 saturated heterocycles. The molecule has 1 unspecified atom stereocenters. The molecule has 0 amide bonds. The van der Waals surface area contributed by atoms with Crippen molar-refractivity contribution >= 4 is 15.9 Å². The number of nitrogens with two attached hydrogens (primary N) is 1. The standard InChI is InChI=1S/C15H17BrN2/c1-2-11-6-7-14(18-10-11)9-15(17)12-4-3-5-13(16)8-12/h3-8,10,15H,2,9,17H2,1H3. The van der Waals surface area contributed by atoms with Gasteiger partial charge in [0.1, 0.15) is 0 Å². The molecule has 0 fully saturated rings. The largest absolute Gasteiger partial charge is 0.324 e. The van der Waals surface area contributed by atoms with Gasteiger partial charge in [-0.05, 0) is 35.7 Å². The van der Waals surface area contributed by atoms with E-state index < -0.39 is 0 Å². The predicted molar refractivity (Wildman–Crippen MR) is 78.4 cm³/mol. The highest BCUT2D eigenvalue weighted by Gasteiger charge is 2.08. The second kappa shape index (κ2) is 6.12. The average molecular weight is 305 g/mol. The summed E-state index contributed by atoms with van der Waals surface area (Å²) in [7, 11) is 0. The number of hydrogen-bond donors (Lipinski definition) is 1. The molecule has 94 valence electrons. The van der Waals surface area contributed by atoms with Gasteiger partial charge in [0.2, 0.25) is 0 Å². The van der Waals surface area contributed by atoms with Crippen molar-refractivity contribution in [1.29, 1.82) is 0 Å². The number of nitrogens with zero attached hydrogens (tertiary/aromatic N) is 1. The number of benzene rings is 1. The molecule has 0 saturated carbocycles. The van der Waals surface area contributed by atoms with Crippen LogP contribution in [0.5, 0.6) is 0 Å². The molecule has 3 heteroatoms. The molecule has 18 heavy (non-hydrogen) atoms. The topological polar surface area (TPSA) is 38.9 Å². The lowest BCUT2D eigenvalue weighted by Crippen LogP contribution is -2.14. The number of aryl methyl sites for hydroxylation is 1. The smallest absolute Gasteiger partial charge is 0.0422 e. The molecular formula is C15H17BrN2. The third-order valence-electron chi connectivity index (χ3n) is 3.00. The van der Waals surface area contributed by atoms with E-state index >= 15 is 0 Å². The minimum atomic E-state index is -0.0116. The van der Waals surface area contributed by atoms with Crippen LogP contribution >= 0.6 is 15.9 Å². The number of rotatable bonds is 4. The van der Waals surface area contributed by atoms with Crippen molar-refractivity contribution in [2.75, 3.05) is 0 Å². The SMILES string of the molecule is CCc1ccc(CC(N)c2cccc(Br)c2)nc1. The van der Waals surface area contributed by atoms with Crippen LogP contribution in [0.1, 0.15) is 29.8 Å². The highest BCUT2D eigenvalue weighted by Crippen LogP contribution is 2.19. The fraction of sp³-hybridized carbons (Fsp3) is 0.267. The van der Waals surface area contributed by atoms with E-state index in [9.17, 15) is 0 Å². The van der Waals surface area contributed by atoms with E-state index in [-0.39, 0.29) is 6.04 Å². The molecular weight excluding hydrogens is 288 g/mol. The lowest BCUT2D eigenvalue weighted by molar-refractivity contribution is 0.705. The zero-order valence-corrected chi connectivity index (χ0v) is 12.0. The van der Waals surface area contributed by atoms with E-state index in [1.54, 1.807) is 0 Å². The number of pyridine rings is 1. The molecule has 1 atom stereocenters. The molecule has 2 nitrogen and oxygen atoms in total. The van der Waals surface area contributed by atoms with Crippen molar-refractivity contribution in [2.45, 2.75) is 25.8 Å². The maximum Gasteiger partial charge on any atom is 0.0422 e. The van der Waals surface area contributed by atoms with Crippen LogP contribution in [0.25, 0.3) is 0 Å². The molecule has 0 radical (unpaired) electrons. The summed E-state index contributed by atoms with van der Waals surface area (Å²) in [6.07, 6.45) is 3.72. The van der Waals surface area contributed by atoms with Crippen molar-refractivity contribution in [3.63, 3.8) is 0 Å². The monoisotopic (exact) mass is 304 g/mol. The molecule has 1 aromatic heterocycles. The lowest BCUT2D eigenvalue weighted by Gasteiger charge is -2.12.